The van der Waals surface area contributed by atoms with Crippen LogP contribution in [-0.2, 0) is 19.6 Å². The maximum Gasteiger partial charge on any atom is 0.241 e. The summed E-state index contributed by atoms with van der Waals surface area (Å²) in [4.78, 5) is 24.2. The Morgan fingerprint density at radius 2 is 1.74 bits per heavy atom. The van der Waals surface area contributed by atoms with Crippen LogP contribution in [0, 0.1) is 0 Å². The molecule has 0 saturated heterocycles. The Labute approximate surface area is 135 Å². The van der Waals surface area contributed by atoms with Crippen molar-refractivity contribution in [3.05, 3.63) is 24.3 Å². The highest BCUT2D eigenvalue weighted by Gasteiger charge is 2.16. The van der Waals surface area contributed by atoms with E-state index < -0.39 is 22.5 Å². The van der Waals surface area contributed by atoms with E-state index in [4.69, 9.17) is 4.74 Å². The van der Waals surface area contributed by atoms with E-state index in [-0.39, 0.29) is 17.3 Å². The third-order valence-electron chi connectivity index (χ3n) is 2.80. The molecule has 128 valence electrons. The number of nitrogens with zero attached hydrogens (tertiary/aromatic N) is 1. The van der Waals surface area contributed by atoms with E-state index in [9.17, 15) is 18.0 Å². The highest BCUT2D eigenvalue weighted by atomic mass is 32.2. The molecule has 0 aliphatic heterocycles. The lowest BCUT2D eigenvalue weighted by atomic mass is 10.3. The molecule has 0 radical (unpaired) electrons. The van der Waals surface area contributed by atoms with Gasteiger partial charge in [-0.05, 0) is 31.2 Å². The molecule has 0 bridgehead atoms. The van der Waals surface area contributed by atoms with Gasteiger partial charge in [0.15, 0.2) is 0 Å². The number of benzene rings is 1. The first-order valence-corrected chi connectivity index (χ1v) is 8.44. The molecule has 0 unspecified atom stereocenters. The van der Waals surface area contributed by atoms with Crippen molar-refractivity contribution in [2.24, 2.45) is 0 Å². The molecule has 0 heterocycles. The number of carbonyl (C=O) groups excluding carboxylic acids is 2. The molecule has 2 amide bonds. The van der Waals surface area contributed by atoms with Crippen molar-refractivity contribution in [3.63, 3.8) is 0 Å². The fourth-order valence-corrected chi connectivity index (χ4v) is 2.50. The van der Waals surface area contributed by atoms with Crippen LogP contribution in [0.1, 0.15) is 6.92 Å². The third-order valence-corrected chi connectivity index (χ3v) is 4.22. The monoisotopic (exact) mass is 343 g/mol. The normalized spacial score (nSPS) is 10.9. The van der Waals surface area contributed by atoms with Gasteiger partial charge in [-0.2, -0.15) is 0 Å². The van der Waals surface area contributed by atoms with Gasteiger partial charge in [-0.15, -0.1) is 0 Å². The Kier molecular flexibility index (Phi) is 6.98. The summed E-state index contributed by atoms with van der Waals surface area (Å²) < 4.78 is 31.5. The van der Waals surface area contributed by atoms with E-state index in [1.807, 2.05) is 6.92 Å². The Morgan fingerprint density at radius 1 is 1.13 bits per heavy atom. The van der Waals surface area contributed by atoms with Crippen molar-refractivity contribution in [1.29, 1.82) is 0 Å². The average molecular weight is 343 g/mol. The molecule has 9 heteroatoms. The molecular weight excluding hydrogens is 322 g/mol. The molecular formula is C14H21N3O5S. The smallest absolute Gasteiger partial charge is 0.241 e. The van der Waals surface area contributed by atoms with Crippen molar-refractivity contribution in [3.8, 4) is 5.75 Å². The maximum absolute atomic E-state index is 12.0. The molecule has 0 fully saturated rings. The van der Waals surface area contributed by atoms with Crippen molar-refractivity contribution in [1.82, 2.24) is 14.9 Å². The zero-order valence-corrected chi connectivity index (χ0v) is 14.1. The van der Waals surface area contributed by atoms with Gasteiger partial charge in [0.1, 0.15) is 5.75 Å². The number of nitrogens with one attached hydrogen (secondary N) is 2. The van der Waals surface area contributed by atoms with Crippen molar-refractivity contribution in [2.75, 3.05) is 33.8 Å². The molecule has 1 aromatic carbocycles. The topological polar surface area (TPSA) is 105 Å². The maximum atomic E-state index is 12.0. The zero-order chi connectivity index (χ0) is 17.5. The molecule has 2 N–H and O–H groups in total. The zero-order valence-electron chi connectivity index (χ0n) is 13.3. The quantitative estimate of drug-likeness (QED) is 0.666. The summed E-state index contributed by atoms with van der Waals surface area (Å²) in [6, 6.07) is 5.85. The summed E-state index contributed by atoms with van der Waals surface area (Å²) in [5.41, 5.74) is 0. The molecule has 8 nitrogen and oxygen atoms in total. The van der Waals surface area contributed by atoms with Crippen LogP contribution in [0.2, 0.25) is 0 Å². The average Bonchev–Trinajstić information content (AvgIpc) is 2.51. The molecule has 1 rings (SSSR count). The number of rotatable bonds is 8. The lowest BCUT2D eigenvalue weighted by Gasteiger charge is -2.11. The van der Waals surface area contributed by atoms with Crippen LogP contribution < -0.4 is 14.8 Å². The number of carbonyl (C=O) groups is 2. The van der Waals surface area contributed by atoms with E-state index in [1.165, 1.54) is 29.2 Å². The summed E-state index contributed by atoms with van der Waals surface area (Å²) in [7, 11) is -0.686. The van der Waals surface area contributed by atoms with Crippen molar-refractivity contribution in [2.45, 2.75) is 11.8 Å². The van der Waals surface area contributed by atoms with Crippen molar-refractivity contribution < 1.29 is 22.7 Å². The Bertz CT molecular complexity index is 641. The van der Waals surface area contributed by atoms with E-state index in [2.05, 4.69) is 10.0 Å². The van der Waals surface area contributed by atoms with Gasteiger partial charge in [0.05, 0.1) is 24.6 Å². The van der Waals surface area contributed by atoms with Gasteiger partial charge in [-0.25, -0.2) is 13.1 Å². The fourth-order valence-electron chi connectivity index (χ4n) is 1.52. The summed E-state index contributed by atoms with van der Waals surface area (Å²) in [5.74, 6) is -0.311. The lowest BCUT2D eigenvalue weighted by Crippen LogP contribution is -2.41. The van der Waals surface area contributed by atoms with Gasteiger partial charge >= 0.3 is 0 Å². The minimum absolute atomic E-state index is 0.0260. The first kappa shape index (κ1) is 18.9. The molecule has 1 aromatic rings. The molecule has 23 heavy (non-hydrogen) atoms. The minimum atomic E-state index is -3.80. The van der Waals surface area contributed by atoms with E-state index in [0.29, 0.717) is 12.4 Å². The van der Waals surface area contributed by atoms with Gasteiger partial charge in [0, 0.05) is 14.1 Å². The lowest BCUT2D eigenvalue weighted by molar-refractivity contribution is -0.130. The summed E-state index contributed by atoms with van der Waals surface area (Å²) in [5, 5.41) is 2.34. The van der Waals surface area contributed by atoms with Crippen LogP contribution in [-0.4, -0.2) is 58.9 Å². The Hall–Kier alpha value is -2.13. The van der Waals surface area contributed by atoms with Crippen LogP contribution >= 0.6 is 0 Å². The summed E-state index contributed by atoms with van der Waals surface area (Å²) in [6.07, 6.45) is 0. The fraction of sp³-hybridized carbons (Fsp3) is 0.429. The number of sulfonamides is 1. The first-order chi connectivity index (χ1) is 10.8. The van der Waals surface area contributed by atoms with Crippen LogP contribution in [0.5, 0.6) is 5.75 Å². The Morgan fingerprint density at radius 3 is 2.26 bits per heavy atom. The summed E-state index contributed by atoms with van der Waals surface area (Å²) >= 11 is 0. The van der Waals surface area contributed by atoms with Crippen LogP contribution in [0.3, 0.4) is 0 Å². The molecule has 0 aliphatic rings. The first-order valence-electron chi connectivity index (χ1n) is 6.95. The number of ether oxygens (including phenoxy) is 1. The number of hydrogen-bond donors (Lipinski definition) is 2. The van der Waals surface area contributed by atoms with Gasteiger partial charge in [-0.1, -0.05) is 0 Å². The second-order valence-electron chi connectivity index (χ2n) is 4.79. The van der Waals surface area contributed by atoms with Crippen LogP contribution in [0.15, 0.2) is 29.2 Å². The Balaban J connectivity index is 2.55. The SMILES string of the molecule is CCOc1ccc(S(=O)(=O)NCC(=O)NCC(=O)N(C)C)cc1. The molecule has 0 saturated carbocycles. The van der Waals surface area contributed by atoms with E-state index in [0.717, 1.165) is 0 Å². The van der Waals surface area contributed by atoms with Gasteiger partial charge in [-0.3, -0.25) is 9.59 Å². The number of hydrogen-bond acceptors (Lipinski definition) is 5. The van der Waals surface area contributed by atoms with Gasteiger partial charge < -0.3 is 15.0 Å². The highest BCUT2D eigenvalue weighted by Crippen LogP contribution is 2.15. The largest absolute Gasteiger partial charge is 0.494 e. The van der Waals surface area contributed by atoms with Gasteiger partial charge in [0.2, 0.25) is 21.8 Å². The third kappa shape index (κ3) is 6.25. The highest BCUT2D eigenvalue weighted by molar-refractivity contribution is 7.89. The molecule has 0 atom stereocenters. The number of likely N-dealkylation sites (N-methyl/N-ethyl adjacent to an activating group) is 1. The van der Waals surface area contributed by atoms with Crippen LogP contribution in [0.4, 0.5) is 0 Å². The predicted molar refractivity (Wildman–Crippen MR) is 84.5 cm³/mol. The standard InChI is InChI=1S/C14H21N3O5S/c1-4-22-11-5-7-12(8-6-11)23(20,21)16-9-13(18)15-10-14(19)17(2)3/h5-8,16H,4,9-10H2,1-3H3,(H,15,18). The number of amides is 2. The predicted octanol–water partition coefficient (Wildman–Crippen LogP) is -0.432. The molecule has 0 aromatic heterocycles. The van der Waals surface area contributed by atoms with E-state index >= 15 is 0 Å². The molecule has 0 aliphatic carbocycles. The van der Waals surface area contributed by atoms with E-state index in [1.54, 1.807) is 14.1 Å². The minimum Gasteiger partial charge on any atom is -0.494 e. The molecule has 0 spiro atoms. The summed E-state index contributed by atoms with van der Waals surface area (Å²) in [6.45, 7) is 1.68. The van der Waals surface area contributed by atoms with Crippen LogP contribution in [0.25, 0.3) is 0 Å². The second-order valence-corrected chi connectivity index (χ2v) is 6.56. The van der Waals surface area contributed by atoms with Gasteiger partial charge in [0.25, 0.3) is 0 Å². The second kappa shape index (κ2) is 8.49. The van der Waals surface area contributed by atoms with Crippen molar-refractivity contribution >= 4 is 21.8 Å².